The summed E-state index contributed by atoms with van der Waals surface area (Å²) in [7, 11) is 0. The zero-order chi connectivity index (χ0) is 15.9. The van der Waals surface area contributed by atoms with Gasteiger partial charge in [-0.15, -0.1) is 0 Å². The topological polar surface area (TPSA) is 22.0 Å². The summed E-state index contributed by atoms with van der Waals surface area (Å²) in [5.41, 5.74) is 5.68. The van der Waals surface area contributed by atoms with E-state index in [4.69, 9.17) is 0 Å². The van der Waals surface area contributed by atoms with Gasteiger partial charge in [-0.25, -0.2) is 0 Å². The van der Waals surface area contributed by atoms with E-state index in [1.807, 2.05) is 18.2 Å². The summed E-state index contributed by atoms with van der Waals surface area (Å²) < 4.78 is 3.43. The average molecular weight is 356 g/mol. The van der Waals surface area contributed by atoms with Gasteiger partial charge in [0.1, 0.15) is 0 Å². The van der Waals surface area contributed by atoms with Crippen LogP contribution in [0.3, 0.4) is 0 Å². The van der Waals surface area contributed by atoms with E-state index in [9.17, 15) is 4.79 Å². The lowest BCUT2D eigenvalue weighted by atomic mass is 10.1. The number of aryl methyl sites for hydroxylation is 1. The first-order chi connectivity index (χ1) is 10.5. The van der Waals surface area contributed by atoms with E-state index < -0.39 is 0 Å². The number of carbonyl (C=O) groups is 1. The minimum atomic E-state index is 0.109. The summed E-state index contributed by atoms with van der Waals surface area (Å²) in [5.74, 6) is 0.109. The van der Waals surface area contributed by atoms with Gasteiger partial charge in [-0.2, -0.15) is 0 Å². The van der Waals surface area contributed by atoms with E-state index in [0.29, 0.717) is 0 Å². The van der Waals surface area contributed by atoms with E-state index in [2.05, 4.69) is 58.6 Å². The van der Waals surface area contributed by atoms with Crippen LogP contribution in [0.5, 0.6) is 0 Å². The molecule has 0 unspecified atom stereocenters. The molecule has 3 rings (SSSR count). The van der Waals surface area contributed by atoms with Gasteiger partial charge < -0.3 is 4.57 Å². The van der Waals surface area contributed by atoms with Crippen molar-refractivity contribution in [3.8, 4) is 0 Å². The highest BCUT2D eigenvalue weighted by atomic mass is 79.9. The minimum absolute atomic E-state index is 0.109. The second kappa shape index (κ2) is 5.73. The number of nitrogens with zero attached hydrogens (tertiary/aromatic N) is 1. The smallest absolute Gasteiger partial charge is 0.159 e. The Morgan fingerprint density at radius 2 is 1.86 bits per heavy atom. The Balaban J connectivity index is 2.16. The molecule has 0 saturated carbocycles. The largest absolute Gasteiger partial charge is 0.340 e. The molecular weight excluding hydrogens is 338 g/mol. The molecule has 22 heavy (non-hydrogen) atoms. The van der Waals surface area contributed by atoms with Crippen molar-refractivity contribution in [2.24, 2.45) is 0 Å². The van der Waals surface area contributed by atoms with Crippen LogP contribution in [0.15, 0.2) is 46.9 Å². The number of ketones is 1. The molecular formula is C19H18BrNO. The van der Waals surface area contributed by atoms with E-state index in [-0.39, 0.29) is 5.78 Å². The first-order valence-electron chi connectivity index (χ1n) is 7.33. The van der Waals surface area contributed by atoms with Crippen LogP contribution in [0.2, 0.25) is 0 Å². The van der Waals surface area contributed by atoms with Crippen LogP contribution in [0.25, 0.3) is 10.9 Å². The standard InChI is InChI=1S/C19H18BrNO/c1-12-13(2)21(11-16-6-4-5-7-18(16)20)19-9-8-15(14(3)22)10-17(12)19/h4-10H,11H2,1-3H3. The van der Waals surface area contributed by atoms with Gasteiger partial charge in [0, 0.05) is 33.2 Å². The highest BCUT2D eigenvalue weighted by Gasteiger charge is 2.13. The van der Waals surface area contributed by atoms with Crippen molar-refractivity contribution in [3.63, 3.8) is 0 Å². The third-order valence-electron chi connectivity index (χ3n) is 4.33. The summed E-state index contributed by atoms with van der Waals surface area (Å²) in [4.78, 5) is 11.6. The number of benzene rings is 2. The van der Waals surface area contributed by atoms with Crippen LogP contribution in [-0.4, -0.2) is 10.4 Å². The fourth-order valence-electron chi connectivity index (χ4n) is 2.87. The van der Waals surface area contributed by atoms with Crippen molar-refractivity contribution in [1.29, 1.82) is 0 Å². The molecule has 0 saturated heterocycles. The number of hydrogen-bond donors (Lipinski definition) is 0. The average Bonchev–Trinajstić information content (AvgIpc) is 2.74. The summed E-state index contributed by atoms with van der Waals surface area (Å²) in [5, 5.41) is 1.16. The van der Waals surface area contributed by atoms with Gasteiger partial charge in [0.15, 0.2) is 5.78 Å². The molecule has 2 nitrogen and oxygen atoms in total. The third kappa shape index (κ3) is 2.50. The molecule has 0 fully saturated rings. The maximum atomic E-state index is 11.6. The number of fused-ring (bicyclic) bond motifs is 1. The van der Waals surface area contributed by atoms with Crippen LogP contribution in [0.4, 0.5) is 0 Å². The van der Waals surface area contributed by atoms with Crippen molar-refractivity contribution >= 4 is 32.6 Å². The molecule has 0 aliphatic rings. The van der Waals surface area contributed by atoms with Crippen molar-refractivity contribution < 1.29 is 4.79 Å². The van der Waals surface area contributed by atoms with Crippen molar-refractivity contribution in [2.75, 3.05) is 0 Å². The van der Waals surface area contributed by atoms with E-state index in [1.165, 1.54) is 22.3 Å². The second-order valence-corrected chi connectivity index (χ2v) is 6.53. The summed E-state index contributed by atoms with van der Waals surface area (Å²) >= 11 is 3.62. The van der Waals surface area contributed by atoms with Crippen LogP contribution < -0.4 is 0 Å². The molecule has 0 amide bonds. The number of hydrogen-bond acceptors (Lipinski definition) is 1. The van der Waals surface area contributed by atoms with Crippen molar-refractivity contribution in [1.82, 2.24) is 4.57 Å². The first kappa shape index (κ1) is 15.0. The zero-order valence-corrected chi connectivity index (χ0v) is 14.6. The molecule has 0 atom stereocenters. The Morgan fingerprint density at radius 1 is 1.14 bits per heavy atom. The second-order valence-electron chi connectivity index (χ2n) is 5.68. The van der Waals surface area contributed by atoms with E-state index >= 15 is 0 Å². The zero-order valence-electron chi connectivity index (χ0n) is 13.0. The lowest BCUT2D eigenvalue weighted by molar-refractivity contribution is 0.101. The fourth-order valence-corrected chi connectivity index (χ4v) is 3.28. The number of halogens is 1. The Morgan fingerprint density at radius 3 is 2.55 bits per heavy atom. The Labute approximate surface area is 138 Å². The number of Topliss-reactive ketones (excluding diaryl/α,β-unsaturated/α-hetero) is 1. The molecule has 112 valence electrons. The third-order valence-corrected chi connectivity index (χ3v) is 5.11. The van der Waals surface area contributed by atoms with Gasteiger partial charge in [-0.1, -0.05) is 34.1 Å². The predicted molar refractivity (Wildman–Crippen MR) is 94.7 cm³/mol. The number of aromatic nitrogens is 1. The molecule has 3 heteroatoms. The molecule has 1 aromatic heterocycles. The number of rotatable bonds is 3. The fraction of sp³-hybridized carbons (Fsp3) is 0.211. The molecule has 0 radical (unpaired) electrons. The Kier molecular flexibility index (Phi) is 3.92. The molecule has 0 spiro atoms. The summed E-state index contributed by atoms with van der Waals surface area (Å²) in [6.45, 7) is 6.69. The number of carbonyl (C=O) groups excluding carboxylic acids is 1. The monoisotopic (exact) mass is 355 g/mol. The van der Waals surface area contributed by atoms with Gasteiger partial charge in [-0.05, 0) is 56.2 Å². The highest BCUT2D eigenvalue weighted by Crippen LogP contribution is 2.28. The molecule has 0 bridgehead atoms. The van der Waals surface area contributed by atoms with Gasteiger partial charge in [0.05, 0.1) is 0 Å². The molecule has 3 aromatic rings. The van der Waals surface area contributed by atoms with Gasteiger partial charge >= 0.3 is 0 Å². The molecule has 0 N–H and O–H groups in total. The van der Waals surface area contributed by atoms with E-state index in [0.717, 1.165) is 22.0 Å². The maximum absolute atomic E-state index is 11.6. The van der Waals surface area contributed by atoms with Crippen LogP contribution >= 0.6 is 15.9 Å². The van der Waals surface area contributed by atoms with Crippen molar-refractivity contribution in [3.05, 3.63) is 69.3 Å². The normalized spacial score (nSPS) is 11.1. The predicted octanol–water partition coefficient (Wildman–Crippen LogP) is 5.27. The van der Waals surface area contributed by atoms with Crippen LogP contribution in [0.1, 0.15) is 34.1 Å². The molecule has 1 heterocycles. The summed E-state index contributed by atoms with van der Waals surface area (Å²) in [6.07, 6.45) is 0. The highest BCUT2D eigenvalue weighted by molar-refractivity contribution is 9.10. The minimum Gasteiger partial charge on any atom is -0.340 e. The lowest BCUT2D eigenvalue weighted by Gasteiger charge is -2.10. The van der Waals surface area contributed by atoms with Crippen LogP contribution in [0, 0.1) is 13.8 Å². The Hall–Kier alpha value is -1.87. The van der Waals surface area contributed by atoms with E-state index in [1.54, 1.807) is 6.92 Å². The lowest BCUT2D eigenvalue weighted by Crippen LogP contribution is -2.02. The quantitative estimate of drug-likeness (QED) is 0.586. The van der Waals surface area contributed by atoms with Crippen molar-refractivity contribution in [2.45, 2.75) is 27.3 Å². The maximum Gasteiger partial charge on any atom is 0.159 e. The van der Waals surface area contributed by atoms with Gasteiger partial charge in [-0.3, -0.25) is 4.79 Å². The molecule has 0 aliphatic carbocycles. The first-order valence-corrected chi connectivity index (χ1v) is 8.12. The molecule has 2 aromatic carbocycles. The molecule has 0 aliphatic heterocycles. The van der Waals surface area contributed by atoms with Gasteiger partial charge in [0.25, 0.3) is 0 Å². The Bertz CT molecular complexity index is 877. The van der Waals surface area contributed by atoms with Gasteiger partial charge in [0.2, 0.25) is 0 Å². The van der Waals surface area contributed by atoms with Crippen LogP contribution in [-0.2, 0) is 6.54 Å². The SMILES string of the molecule is CC(=O)c1ccc2c(c1)c(C)c(C)n2Cc1ccccc1Br. The summed E-state index contributed by atoms with van der Waals surface area (Å²) in [6, 6.07) is 14.3.